The van der Waals surface area contributed by atoms with Gasteiger partial charge in [-0.1, -0.05) is 17.7 Å². The Bertz CT molecular complexity index is 262. The molecule has 1 fully saturated rings. The second kappa shape index (κ2) is 4.12. The lowest BCUT2D eigenvalue weighted by Gasteiger charge is -2.13. The van der Waals surface area contributed by atoms with Gasteiger partial charge in [-0.05, 0) is 43.6 Å². The van der Waals surface area contributed by atoms with Crippen molar-refractivity contribution in [1.29, 1.82) is 0 Å². The zero-order valence-electron chi connectivity index (χ0n) is 7.59. The number of benzene rings is 1. The van der Waals surface area contributed by atoms with Crippen molar-refractivity contribution in [1.82, 2.24) is 4.90 Å². The summed E-state index contributed by atoms with van der Waals surface area (Å²) >= 11 is 5.76. The summed E-state index contributed by atoms with van der Waals surface area (Å²) in [6, 6.07) is 8.99. The van der Waals surface area contributed by atoms with E-state index in [4.69, 9.17) is 11.6 Å². The van der Waals surface area contributed by atoms with Gasteiger partial charge >= 0.3 is 0 Å². The van der Waals surface area contributed by atoms with Gasteiger partial charge in [0.2, 0.25) is 0 Å². The molecule has 0 aromatic heterocycles. The Hall–Kier alpha value is -0.530. The Morgan fingerprint density at radius 3 is 2.69 bits per heavy atom. The predicted molar refractivity (Wildman–Crippen MR) is 54.8 cm³/mol. The first kappa shape index (κ1) is 9.04. The molecule has 1 aromatic rings. The topological polar surface area (TPSA) is 3.24 Å². The van der Waals surface area contributed by atoms with Crippen molar-refractivity contribution >= 4 is 11.6 Å². The lowest BCUT2D eigenvalue weighted by atomic mass is 10.2. The summed E-state index contributed by atoms with van der Waals surface area (Å²) in [7, 11) is 0. The summed E-state index contributed by atoms with van der Waals surface area (Å²) in [5.41, 5.74) is 1.31. The second-order valence-electron chi connectivity index (χ2n) is 3.53. The van der Waals surface area contributed by atoms with Gasteiger partial charge in [0.05, 0.1) is 0 Å². The highest BCUT2D eigenvalue weighted by Crippen LogP contribution is 2.14. The Labute approximate surface area is 84.3 Å². The molecule has 0 amide bonds. The van der Waals surface area contributed by atoms with E-state index in [0.717, 1.165) is 6.54 Å². The molecule has 2 rings (SSSR count). The van der Waals surface area contributed by atoms with Crippen molar-refractivity contribution in [3.63, 3.8) is 0 Å². The van der Waals surface area contributed by atoms with Gasteiger partial charge in [-0.15, -0.1) is 0 Å². The van der Waals surface area contributed by atoms with E-state index in [2.05, 4.69) is 17.0 Å². The minimum absolute atomic E-state index is 0.699. The minimum Gasteiger partial charge on any atom is -0.299 e. The molecule has 0 aliphatic carbocycles. The molecule has 1 saturated heterocycles. The van der Waals surface area contributed by atoms with E-state index in [-0.39, 0.29) is 0 Å². The molecule has 1 heterocycles. The molecule has 0 N–H and O–H groups in total. The summed E-state index contributed by atoms with van der Waals surface area (Å²) in [5.74, 6) is 0. The summed E-state index contributed by atoms with van der Waals surface area (Å²) in [4.78, 5) is 2.47. The maximum absolute atomic E-state index is 5.76. The maximum Gasteiger partial charge on any atom is 0.0485 e. The van der Waals surface area contributed by atoms with Gasteiger partial charge in [-0.25, -0.2) is 0 Å². The smallest absolute Gasteiger partial charge is 0.0485 e. The fourth-order valence-corrected chi connectivity index (χ4v) is 1.85. The molecule has 0 saturated carbocycles. The molecule has 69 valence electrons. The third-order valence-electron chi connectivity index (χ3n) is 2.44. The largest absolute Gasteiger partial charge is 0.299 e. The number of halogens is 1. The number of nitrogens with zero attached hydrogens (tertiary/aromatic N) is 1. The van der Waals surface area contributed by atoms with Crippen LogP contribution in [0.4, 0.5) is 0 Å². The van der Waals surface area contributed by atoms with Crippen LogP contribution in [0.15, 0.2) is 18.2 Å². The third-order valence-corrected chi connectivity index (χ3v) is 2.68. The Kier molecular flexibility index (Phi) is 2.87. The van der Waals surface area contributed by atoms with Gasteiger partial charge in [0, 0.05) is 17.6 Å². The van der Waals surface area contributed by atoms with E-state index in [1.165, 1.54) is 31.5 Å². The summed E-state index contributed by atoms with van der Waals surface area (Å²) in [6.45, 7) is 3.53. The SMILES string of the molecule is Clc1[c]cc(CN2CCCC2)cc1. The van der Waals surface area contributed by atoms with Crippen LogP contribution >= 0.6 is 11.6 Å². The first-order valence-electron chi connectivity index (χ1n) is 4.73. The van der Waals surface area contributed by atoms with Crippen LogP contribution in [-0.2, 0) is 6.54 Å². The zero-order valence-corrected chi connectivity index (χ0v) is 8.35. The van der Waals surface area contributed by atoms with Crippen LogP contribution in [-0.4, -0.2) is 18.0 Å². The molecule has 0 bridgehead atoms. The van der Waals surface area contributed by atoms with Crippen LogP contribution in [0.2, 0.25) is 5.02 Å². The van der Waals surface area contributed by atoms with E-state index >= 15 is 0 Å². The molecule has 0 unspecified atom stereocenters. The van der Waals surface area contributed by atoms with Crippen LogP contribution in [0.3, 0.4) is 0 Å². The van der Waals surface area contributed by atoms with Crippen molar-refractivity contribution in [3.8, 4) is 0 Å². The molecule has 13 heavy (non-hydrogen) atoms. The molecule has 0 atom stereocenters. The molecular weight excluding hydrogens is 182 g/mol. The molecule has 1 radical (unpaired) electrons. The van der Waals surface area contributed by atoms with Crippen LogP contribution in [0.25, 0.3) is 0 Å². The quantitative estimate of drug-likeness (QED) is 0.700. The van der Waals surface area contributed by atoms with Gasteiger partial charge in [-0.3, -0.25) is 4.90 Å². The van der Waals surface area contributed by atoms with Crippen molar-refractivity contribution in [2.45, 2.75) is 19.4 Å². The summed E-state index contributed by atoms with van der Waals surface area (Å²) in [6.07, 6.45) is 2.69. The lowest BCUT2D eigenvalue weighted by molar-refractivity contribution is 0.331. The van der Waals surface area contributed by atoms with Crippen LogP contribution in [0, 0.1) is 6.07 Å². The molecule has 1 aliphatic rings. The average molecular weight is 195 g/mol. The first-order valence-corrected chi connectivity index (χ1v) is 5.11. The standard InChI is InChI=1S/C11H13ClN/c12-11-5-3-10(4-6-11)9-13-7-1-2-8-13/h3-5H,1-2,7-9H2. The highest BCUT2D eigenvalue weighted by molar-refractivity contribution is 6.30. The second-order valence-corrected chi connectivity index (χ2v) is 3.94. The minimum atomic E-state index is 0.699. The Balaban J connectivity index is 1.97. The molecular formula is C11H13ClN. The Morgan fingerprint density at radius 2 is 2.08 bits per heavy atom. The third kappa shape index (κ3) is 2.45. The molecule has 2 heteroatoms. The summed E-state index contributed by atoms with van der Waals surface area (Å²) < 4.78 is 0. The number of hydrogen-bond donors (Lipinski definition) is 0. The van der Waals surface area contributed by atoms with Crippen molar-refractivity contribution in [3.05, 3.63) is 34.9 Å². The van der Waals surface area contributed by atoms with E-state index in [1.54, 1.807) is 0 Å². The van der Waals surface area contributed by atoms with Crippen LogP contribution < -0.4 is 0 Å². The van der Waals surface area contributed by atoms with Crippen molar-refractivity contribution in [2.24, 2.45) is 0 Å². The maximum atomic E-state index is 5.76. The molecule has 1 aliphatic heterocycles. The fourth-order valence-electron chi connectivity index (χ4n) is 1.74. The van der Waals surface area contributed by atoms with Crippen molar-refractivity contribution < 1.29 is 0 Å². The molecule has 1 nitrogen and oxygen atoms in total. The molecule has 1 aromatic carbocycles. The number of hydrogen-bond acceptors (Lipinski definition) is 1. The van der Waals surface area contributed by atoms with Gasteiger partial charge in [0.1, 0.15) is 0 Å². The highest BCUT2D eigenvalue weighted by atomic mass is 35.5. The van der Waals surface area contributed by atoms with Crippen molar-refractivity contribution in [2.75, 3.05) is 13.1 Å². The Morgan fingerprint density at radius 1 is 1.31 bits per heavy atom. The fraction of sp³-hybridized carbons (Fsp3) is 0.455. The van der Waals surface area contributed by atoms with Gasteiger partial charge in [0.25, 0.3) is 0 Å². The van der Waals surface area contributed by atoms with Gasteiger partial charge in [-0.2, -0.15) is 0 Å². The number of likely N-dealkylation sites (tertiary alicyclic amines) is 1. The predicted octanol–water partition coefficient (Wildman–Crippen LogP) is 2.74. The zero-order chi connectivity index (χ0) is 9.10. The average Bonchev–Trinajstić information content (AvgIpc) is 2.62. The van der Waals surface area contributed by atoms with Crippen LogP contribution in [0.1, 0.15) is 18.4 Å². The highest BCUT2D eigenvalue weighted by Gasteiger charge is 2.11. The van der Waals surface area contributed by atoms with Gasteiger partial charge < -0.3 is 0 Å². The van der Waals surface area contributed by atoms with Gasteiger partial charge in [0.15, 0.2) is 0 Å². The monoisotopic (exact) mass is 194 g/mol. The van der Waals surface area contributed by atoms with E-state index in [9.17, 15) is 0 Å². The first-order chi connectivity index (χ1) is 6.34. The lowest BCUT2D eigenvalue weighted by Crippen LogP contribution is -2.18. The van der Waals surface area contributed by atoms with E-state index < -0.39 is 0 Å². The summed E-state index contributed by atoms with van der Waals surface area (Å²) in [5, 5.41) is 0.699. The molecule has 0 spiro atoms. The normalized spacial score (nSPS) is 17.9. The van der Waals surface area contributed by atoms with Crippen LogP contribution in [0.5, 0.6) is 0 Å². The van der Waals surface area contributed by atoms with E-state index in [0.29, 0.717) is 5.02 Å². The van der Waals surface area contributed by atoms with E-state index in [1.807, 2.05) is 12.1 Å². The number of rotatable bonds is 2.